The van der Waals surface area contributed by atoms with Crippen molar-refractivity contribution in [3.05, 3.63) is 64.2 Å². The van der Waals surface area contributed by atoms with Gasteiger partial charge in [-0.3, -0.25) is 4.90 Å². The number of nitrogens with two attached hydrogens (primary N) is 1. The average Bonchev–Trinajstić information content (AvgIpc) is 3.69. The van der Waals surface area contributed by atoms with Gasteiger partial charge in [0.1, 0.15) is 0 Å². The van der Waals surface area contributed by atoms with E-state index in [1.807, 2.05) is 0 Å². The van der Waals surface area contributed by atoms with Crippen LogP contribution in [-0.2, 0) is 29.8 Å². The molecule has 3 amide bonds. The highest BCUT2D eigenvalue weighted by atomic mass is 19.4. The largest absolute Gasteiger partial charge is 0.446 e. The van der Waals surface area contributed by atoms with Crippen molar-refractivity contribution in [3.63, 3.8) is 0 Å². The number of amides is 3. The molecule has 1 saturated carbocycles. The van der Waals surface area contributed by atoms with Gasteiger partial charge in [0.2, 0.25) is 0 Å². The number of primary amides is 1. The topological polar surface area (TPSA) is 75.9 Å². The molecule has 6 nitrogen and oxygen atoms in total. The number of carbonyl (C=O) groups excluding carboxylic acids is 2. The Morgan fingerprint density at radius 3 is 1.90 bits per heavy atom. The lowest BCUT2D eigenvalue weighted by Crippen LogP contribution is -2.51. The summed E-state index contributed by atoms with van der Waals surface area (Å²) >= 11 is 0. The maximum absolute atomic E-state index is 13.7. The first-order valence-electron chi connectivity index (χ1n) is 12.8. The van der Waals surface area contributed by atoms with Crippen molar-refractivity contribution >= 4 is 17.8 Å². The fourth-order valence-corrected chi connectivity index (χ4v) is 5.18. The summed E-state index contributed by atoms with van der Waals surface area (Å²) < 4.78 is 127. The molecule has 0 spiro atoms. The highest BCUT2D eigenvalue weighted by molar-refractivity contribution is 5.91. The van der Waals surface area contributed by atoms with E-state index >= 15 is 0 Å². The Balaban J connectivity index is 1.86. The van der Waals surface area contributed by atoms with Crippen LogP contribution in [0.1, 0.15) is 67.0 Å². The van der Waals surface area contributed by atoms with Gasteiger partial charge in [-0.1, -0.05) is 0 Å². The molecule has 0 aromatic heterocycles. The lowest BCUT2D eigenvalue weighted by molar-refractivity contribution is -0.143. The van der Waals surface area contributed by atoms with E-state index in [1.54, 1.807) is 13.8 Å². The predicted molar refractivity (Wildman–Crippen MR) is 131 cm³/mol. The van der Waals surface area contributed by atoms with Gasteiger partial charge in [0.05, 0.1) is 34.5 Å². The lowest BCUT2D eigenvalue weighted by Gasteiger charge is -2.44. The first-order valence-corrected chi connectivity index (χ1v) is 12.8. The SMILES string of the molecule is CC(C)OC(=O)N1c2ccc(C(F)(F)F)cc2C(N(Cc2cc(C(F)(F)F)cc(C(F)(F)F)c2)C(N)=O)CC1C1CC1. The second-order valence-corrected chi connectivity index (χ2v) is 10.6. The standard InChI is InChI=1S/C27H26F9N3O3/c1-13(2)42-24(41)39-20-6-5-16(25(28,29)30)10-19(20)22(11-21(39)15-3-4-15)38(23(37)40)12-14-7-17(26(31,32)33)9-18(8-14)27(34,35)36/h5-10,13,15,21-22H,3-4,11-12H2,1-2H3,(H2,37,40). The monoisotopic (exact) mass is 611 g/mol. The molecule has 2 aromatic carbocycles. The maximum Gasteiger partial charge on any atom is 0.416 e. The molecule has 1 aliphatic heterocycles. The zero-order valence-corrected chi connectivity index (χ0v) is 22.2. The van der Waals surface area contributed by atoms with E-state index in [0.29, 0.717) is 31.0 Å². The fourth-order valence-electron chi connectivity index (χ4n) is 5.18. The van der Waals surface area contributed by atoms with Gasteiger partial charge in [0.25, 0.3) is 0 Å². The van der Waals surface area contributed by atoms with Gasteiger partial charge in [-0.05, 0) is 86.6 Å². The molecule has 1 heterocycles. The molecule has 0 bridgehead atoms. The predicted octanol–water partition coefficient (Wildman–Crippen LogP) is 7.90. The van der Waals surface area contributed by atoms with E-state index in [9.17, 15) is 49.1 Å². The summed E-state index contributed by atoms with van der Waals surface area (Å²) in [6.45, 7) is 2.27. The molecule has 2 atom stereocenters. The highest BCUT2D eigenvalue weighted by Gasteiger charge is 2.48. The Hall–Kier alpha value is -3.65. The van der Waals surface area contributed by atoms with Gasteiger partial charge < -0.3 is 15.4 Å². The zero-order valence-electron chi connectivity index (χ0n) is 22.2. The minimum atomic E-state index is -5.17. The maximum atomic E-state index is 13.7. The fraction of sp³-hybridized carbons (Fsp3) is 0.481. The van der Waals surface area contributed by atoms with Crippen LogP contribution in [0.4, 0.5) is 54.8 Å². The van der Waals surface area contributed by atoms with Crippen molar-refractivity contribution in [2.45, 2.75) is 76.4 Å². The second-order valence-electron chi connectivity index (χ2n) is 10.6. The molecule has 1 fully saturated rings. The second kappa shape index (κ2) is 10.9. The number of ether oxygens (including phenoxy) is 1. The van der Waals surface area contributed by atoms with Crippen molar-refractivity contribution in [3.8, 4) is 0 Å². The van der Waals surface area contributed by atoms with Crippen LogP contribution in [0.25, 0.3) is 0 Å². The molecule has 42 heavy (non-hydrogen) atoms. The van der Waals surface area contributed by atoms with Gasteiger partial charge in [-0.2, -0.15) is 39.5 Å². The molecule has 4 rings (SSSR count). The van der Waals surface area contributed by atoms with Crippen LogP contribution >= 0.6 is 0 Å². The number of hydrogen-bond donors (Lipinski definition) is 1. The van der Waals surface area contributed by atoms with Gasteiger partial charge in [0, 0.05) is 12.6 Å². The molecule has 2 aromatic rings. The number of carbonyl (C=O) groups is 2. The third-order valence-corrected chi connectivity index (χ3v) is 7.13. The van der Waals surface area contributed by atoms with Crippen LogP contribution in [0.2, 0.25) is 0 Å². The minimum Gasteiger partial charge on any atom is -0.446 e. The Morgan fingerprint density at radius 2 is 1.45 bits per heavy atom. The number of rotatable bonds is 5. The molecule has 0 radical (unpaired) electrons. The van der Waals surface area contributed by atoms with Crippen LogP contribution < -0.4 is 10.6 Å². The van der Waals surface area contributed by atoms with E-state index in [-0.39, 0.29) is 29.7 Å². The Labute approximate surface area is 234 Å². The van der Waals surface area contributed by atoms with Crippen molar-refractivity contribution < 1.29 is 53.8 Å². The Kier molecular flexibility index (Phi) is 8.11. The van der Waals surface area contributed by atoms with E-state index < -0.39 is 77.6 Å². The molecule has 2 N–H and O–H groups in total. The van der Waals surface area contributed by atoms with E-state index in [4.69, 9.17) is 10.5 Å². The van der Waals surface area contributed by atoms with Gasteiger partial charge in [-0.15, -0.1) is 0 Å². The molecule has 2 unspecified atom stereocenters. The smallest absolute Gasteiger partial charge is 0.416 e. The van der Waals surface area contributed by atoms with E-state index in [1.165, 1.54) is 4.90 Å². The summed E-state index contributed by atoms with van der Waals surface area (Å²) in [5, 5.41) is 0. The number of urea groups is 1. The van der Waals surface area contributed by atoms with Crippen LogP contribution in [-0.4, -0.2) is 29.2 Å². The number of nitrogens with zero attached hydrogens (tertiary/aromatic N) is 2. The number of hydrogen-bond acceptors (Lipinski definition) is 3. The third kappa shape index (κ3) is 6.70. The quantitative estimate of drug-likeness (QED) is 0.350. The van der Waals surface area contributed by atoms with Crippen molar-refractivity contribution in [2.75, 3.05) is 4.90 Å². The zero-order chi connectivity index (χ0) is 31.4. The molecule has 15 heteroatoms. The number of fused-ring (bicyclic) bond motifs is 1. The van der Waals surface area contributed by atoms with Gasteiger partial charge >= 0.3 is 30.7 Å². The Morgan fingerprint density at radius 1 is 0.905 bits per heavy atom. The Bertz CT molecular complexity index is 1320. The van der Waals surface area contributed by atoms with Crippen molar-refractivity contribution in [2.24, 2.45) is 11.7 Å². The third-order valence-electron chi connectivity index (χ3n) is 7.13. The van der Waals surface area contributed by atoms with Crippen LogP contribution in [0.3, 0.4) is 0 Å². The summed E-state index contributed by atoms with van der Waals surface area (Å²) in [6, 6.07) is -0.0755. The summed E-state index contributed by atoms with van der Waals surface area (Å²) in [6.07, 6.45) is -15.5. The van der Waals surface area contributed by atoms with Crippen molar-refractivity contribution in [1.29, 1.82) is 0 Å². The van der Waals surface area contributed by atoms with Gasteiger partial charge in [-0.25, -0.2) is 9.59 Å². The highest BCUT2D eigenvalue weighted by Crippen LogP contribution is 2.50. The molecule has 2 aliphatic rings. The number of halogens is 9. The van der Waals surface area contributed by atoms with Crippen LogP contribution in [0.15, 0.2) is 36.4 Å². The molecule has 1 aliphatic carbocycles. The number of anilines is 1. The molecular weight excluding hydrogens is 585 g/mol. The summed E-state index contributed by atoms with van der Waals surface area (Å²) in [4.78, 5) is 27.7. The van der Waals surface area contributed by atoms with E-state index in [2.05, 4.69) is 0 Å². The van der Waals surface area contributed by atoms with Gasteiger partial charge in [0.15, 0.2) is 0 Å². The number of benzene rings is 2. The first-order chi connectivity index (χ1) is 19.3. The van der Waals surface area contributed by atoms with Crippen LogP contribution in [0.5, 0.6) is 0 Å². The summed E-state index contributed by atoms with van der Waals surface area (Å²) in [5.41, 5.74) is 0.334. The van der Waals surface area contributed by atoms with Crippen LogP contribution in [0, 0.1) is 5.92 Å². The summed E-state index contributed by atoms with van der Waals surface area (Å²) in [5.74, 6) is -0.136. The number of alkyl halides is 9. The lowest BCUT2D eigenvalue weighted by atomic mass is 9.86. The molecule has 230 valence electrons. The van der Waals surface area contributed by atoms with E-state index in [0.717, 1.165) is 17.0 Å². The first kappa shape index (κ1) is 31.3. The minimum absolute atomic E-state index is 0.0342. The normalized spacial score (nSPS) is 19.5. The van der Waals surface area contributed by atoms with Crippen molar-refractivity contribution in [1.82, 2.24) is 4.90 Å². The molecule has 0 saturated heterocycles. The average molecular weight is 612 g/mol. The summed E-state index contributed by atoms with van der Waals surface area (Å²) in [7, 11) is 0. The molecular formula is C27H26F9N3O3.